The maximum Gasteiger partial charge on any atom is 0.267 e. The zero-order valence-corrected chi connectivity index (χ0v) is 16.1. The van der Waals surface area contributed by atoms with Crippen molar-refractivity contribution in [2.45, 2.75) is 26.9 Å². The minimum Gasteiger partial charge on any atom is -0.476 e. The van der Waals surface area contributed by atoms with E-state index in [1.165, 1.54) is 4.31 Å². The molecule has 0 saturated carbocycles. The Morgan fingerprint density at radius 3 is 2.38 bits per heavy atom. The molecule has 7 heteroatoms. The van der Waals surface area contributed by atoms with Crippen molar-refractivity contribution in [3.05, 3.63) is 53.1 Å². The van der Waals surface area contributed by atoms with Crippen LogP contribution in [0.1, 0.15) is 16.7 Å². The highest BCUT2D eigenvalue weighted by atomic mass is 32.2. The van der Waals surface area contributed by atoms with Crippen LogP contribution < -0.4 is 14.4 Å². The average molecular weight is 374 g/mol. The van der Waals surface area contributed by atoms with Crippen molar-refractivity contribution in [3.63, 3.8) is 0 Å². The molecular weight excluding hydrogens is 352 g/mol. The number of para-hydroxylation sites is 2. The van der Waals surface area contributed by atoms with Crippen LogP contribution in [0.3, 0.4) is 0 Å². The Hall–Kier alpha value is -2.54. The number of anilines is 2. The van der Waals surface area contributed by atoms with E-state index < -0.39 is 16.1 Å². The molecule has 0 bridgehead atoms. The molecule has 3 rings (SSSR count). The number of sulfonamides is 1. The summed E-state index contributed by atoms with van der Waals surface area (Å²) in [6.07, 6.45) is 0.193. The number of rotatable bonds is 3. The van der Waals surface area contributed by atoms with E-state index in [0.29, 0.717) is 11.4 Å². The number of nitrogens with one attached hydrogen (secondary N) is 1. The van der Waals surface area contributed by atoms with E-state index in [4.69, 9.17) is 4.74 Å². The minimum absolute atomic E-state index is 0.0639. The summed E-state index contributed by atoms with van der Waals surface area (Å²) < 4.78 is 31.3. The first-order valence-electron chi connectivity index (χ1n) is 8.29. The predicted molar refractivity (Wildman–Crippen MR) is 102 cm³/mol. The number of hydrogen-bond acceptors (Lipinski definition) is 4. The number of nitrogens with zero attached hydrogens (tertiary/aromatic N) is 1. The van der Waals surface area contributed by atoms with Crippen LogP contribution in [-0.4, -0.2) is 33.2 Å². The summed E-state index contributed by atoms with van der Waals surface area (Å²) in [6, 6.07) is 10.8. The van der Waals surface area contributed by atoms with E-state index in [0.717, 1.165) is 28.6 Å². The fraction of sp³-hybridized carbons (Fsp3) is 0.316. The van der Waals surface area contributed by atoms with Gasteiger partial charge in [-0.25, -0.2) is 8.42 Å². The summed E-state index contributed by atoms with van der Waals surface area (Å²) >= 11 is 0. The van der Waals surface area contributed by atoms with Crippen LogP contribution in [0.15, 0.2) is 36.4 Å². The summed E-state index contributed by atoms with van der Waals surface area (Å²) in [4.78, 5) is 12.8. The van der Waals surface area contributed by atoms with Gasteiger partial charge in [-0.1, -0.05) is 29.8 Å². The maximum atomic E-state index is 12.8. The van der Waals surface area contributed by atoms with Crippen LogP contribution in [0.5, 0.6) is 5.75 Å². The molecule has 1 N–H and O–H groups in total. The van der Waals surface area contributed by atoms with E-state index in [9.17, 15) is 13.2 Å². The fourth-order valence-electron chi connectivity index (χ4n) is 3.23. The van der Waals surface area contributed by atoms with E-state index in [-0.39, 0.29) is 12.5 Å². The summed E-state index contributed by atoms with van der Waals surface area (Å²) in [5.41, 5.74) is 4.19. The Labute approximate surface area is 153 Å². The molecule has 1 amide bonds. The molecule has 26 heavy (non-hydrogen) atoms. The molecule has 1 heterocycles. The first kappa shape index (κ1) is 18.3. The summed E-state index contributed by atoms with van der Waals surface area (Å²) in [6.45, 7) is 5.79. The molecule has 0 fully saturated rings. The van der Waals surface area contributed by atoms with Crippen LogP contribution in [0.2, 0.25) is 0 Å². The largest absolute Gasteiger partial charge is 0.476 e. The van der Waals surface area contributed by atoms with Gasteiger partial charge in [0.25, 0.3) is 5.91 Å². The second kappa shape index (κ2) is 6.64. The van der Waals surface area contributed by atoms with Gasteiger partial charge in [0.15, 0.2) is 6.10 Å². The van der Waals surface area contributed by atoms with E-state index in [1.54, 1.807) is 24.3 Å². The number of aryl methyl sites for hydroxylation is 3. The van der Waals surface area contributed by atoms with E-state index >= 15 is 0 Å². The Morgan fingerprint density at radius 1 is 1.15 bits per heavy atom. The lowest BCUT2D eigenvalue weighted by molar-refractivity contribution is -0.122. The molecule has 1 unspecified atom stereocenters. The van der Waals surface area contributed by atoms with Gasteiger partial charge < -0.3 is 10.1 Å². The normalized spacial score (nSPS) is 16.6. The lowest BCUT2D eigenvalue weighted by atomic mass is 10.0. The van der Waals surface area contributed by atoms with Crippen molar-refractivity contribution in [2.75, 3.05) is 22.4 Å². The van der Waals surface area contributed by atoms with Gasteiger partial charge in [0.1, 0.15) is 5.75 Å². The maximum absolute atomic E-state index is 12.8. The summed E-state index contributed by atoms with van der Waals surface area (Å²) in [7, 11) is -3.53. The van der Waals surface area contributed by atoms with Crippen LogP contribution in [0, 0.1) is 20.8 Å². The fourth-order valence-corrected chi connectivity index (χ4v) is 4.15. The molecule has 2 aromatic carbocycles. The second-order valence-corrected chi connectivity index (χ2v) is 8.54. The summed E-state index contributed by atoms with van der Waals surface area (Å²) in [5.74, 6) is 0.00452. The van der Waals surface area contributed by atoms with E-state index in [1.807, 2.05) is 32.9 Å². The van der Waals surface area contributed by atoms with Gasteiger partial charge in [-0.15, -0.1) is 0 Å². The molecule has 1 atom stereocenters. The van der Waals surface area contributed by atoms with Gasteiger partial charge in [0.05, 0.1) is 18.5 Å². The Balaban J connectivity index is 1.90. The molecule has 0 spiro atoms. The first-order valence-corrected chi connectivity index (χ1v) is 10.1. The van der Waals surface area contributed by atoms with Crippen LogP contribution >= 0.6 is 0 Å². The summed E-state index contributed by atoms with van der Waals surface area (Å²) in [5, 5.41) is 2.89. The van der Waals surface area contributed by atoms with Gasteiger partial charge in [-0.2, -0.15) is 0 Å². The standard InChI is InChI=1S/C19H22N2O4S/c1-12-9-13(2)18(14(3)10-12)20-19(22)17-11-21(26(4,23)24)15-7-5-6-8-16(15)25-17/h5-10,17H,11H2,1-4H3,(H,20,22). The van der Waals surface area contributed by atoms with Gasteiger partial charge in [0, 0.05) is 5.69 Å². The molecule has 0 saturated heterocycles. The third-order valence-corrected chi connectivity index (χ3v) is 5.50. The molecule has 2 aromatic rings. The monoisotopic (exact) mass is 374 g/mol. The van der Waals surface area contributed by atoms with Crippen molar-refractivity contribution >= 4 is 27.3 Å². The van der Waals surface area contributed by atoms with Crippen molar-refractivity contribution < 1.29 is 17.9 Å². The topological polar surface area (TPSA) is 75.7 Å². The molecule has 1 aliphatic rings. The average Bonchev–Trinajstić information content (AvgIpc) is 2.56. The molecule has 1 aliphatic heterocycles. The lowest BCUT2D eigenvalue weighted by Crippen LogP contribution is -2.48. The lowest BCUT2D eigenvalue weighted by Gasteiger charge is -2.34. The Kier molecular flexibility index (Phi) is 4.66. The number of carbonyl (C=O) groups excluding carboxylic acids is 1. The van der Waals surface area contributed by atoms with Crippen molar-refractivity contribution in [1.82, 2.24) is 0 Å². The van der Waals surface area contributed by atoms with Crippen LogP contribution in [-0.2, 0) is 14.8 Å². The number of benzene rings is 2. The van der Waals surface area contributed by atoms with Crippen molar-refractivity contribution in [3.8, 4) is 5.75 Å². The quantitative estimate of drug-likeness (QED) is 0.896. The van der Waals surface area contributed by atoms with Crippen LogP contribution in [0.4, 0.5) is 11.4 Å². The third kappa shape index (κ3) is 3.53. The van der Waals surface area contributed by atoms with Gasteiger partial charge in [-0.3, -0.25) is 9.10 Å². The Morgan fingerprint density at radius 2 is 1.77 bits per heavy atom. The zero-order chi connectivity index (χ0) is 19.1. The molecule has 138 valence electrons. The molecule has 0 aromatic heterocycles. The number of fused-ring (bicyclic) bond motifs is 1. The number of amides is 1. The predicted octanol–water partition coefficient (Wildman–Crippen LogP) is 2.78. The van der Waals surface area contributed by atoms with Gasteiger partial charge >= 0.3 is 0 Å². The Bertz CT molecular complexity index is 946. The second-order valence-electron chi connectivity index (χ2n) is 6.63. The smallest absolute Gasteiger partial charge is 0.267 e. The molecule has 0 radical (unpaired) electrons. The SMILES string of the molecule is Cc1cc(C)c(NC(=O)C2CN(S(C)(=O)=O)c3ccccc3O2)c(C)c1. The number of carbonyl (C=O) groups is 1. The van der Waals surface area contributed by atoms with E-state index in [2.05, 4.69) is 5.32 Å². The molecule has 0 aliphatic carbocycles. The highest BCUT2D eigenvalue weighted by Gasteiger charge is 2.35. The molecule has 6 nitrogen and oxygen atoms in total. The highest BCUT2D eigenvalue weighted by Crippen LogP contribution is 2.35. The third-order valence-electron chi connectivity index (χ3n) is 4.35. The minimum atomic E-state index is -3.53. The first-order chi connectivity index (χ1) is 12.2. The zero-order valence-electron chi connectivity index (χ0n) is 15.2. The van der Waals surface area contributed by atoms with Gasteiger partial charge in [-0.05, 0) is 44.0 Å². The van der Waals surface area contributed by atoms with Crippen LogP contribution in [0.25, 0.3) is 0 Å². The number of hydrogen-bond donors (Lipinski definition) is 1. The highest BCUT2D eigenvalue weighted by molar-refractivity contribution is 7.92. The van der Waals surface area contributed by atoms with Gasteiger partial charge in [0.2, 0.25) is 10.0 Å². The van der Waals surface area contributed by atoms with Crippen molar-refractivity contribution in [1.29, 1.82) is 0 Å². The van der Waals surface area contributed by atoms with Crippen molar-refractivity contribution in [2.24, 2.45) is 0 Å². The molecular formula is C19H22N2O4S. The number of ether oxygens (including phenoxy) is 1.